The Kier molecular flexibility index (Phi) is 6.99. The minimum atomic E-state index is 0.260. The molecule has 33 heavy (non-hydrogen) atoms. The Balaban J connectivity index is 1.97. The summed E-state index contributed by atoms with van der Waals surface area (Å²) in [4.78, 5) is 12.2. The van der Waals surface area contributed by atoms with Crippen LogP contribution in [0.2, 0.25) is 0 Å². The highest BCUT2D eigenvalue weighted by Gasteiger charge is 2.28. The van der Waals surface area contributed by atoms with Crippen LogP contribution in [0, 0.1) is 19.8 Å². The van der Waals surface area contributed by atoms with Gasteiger partial charge in [-0.15, -0.1) is 0 Å². The molecule has 1 fully saturated rings. The molecule has 8 nitrogen and oxygen atoms in total. The molecule has 1 aliphatic rings. The molecule has 0 bridgehead atoms. The summed E-state index contributed by atoms with van der Waals surface area (Å²) < 4.78 is 3.28. The van der Waals surface area contributed by atoms with Crippen LogP contribution in [0.5, 0.6) is 0 Å². The number of aliphatic hydroxyl groups excluding tert-OH is 1. The van der Waals surface area contributed by atoms with Crippen LogP contribution in [-0.2, 0) is 0 Å². The number of rotatable bonds is 7. The summed E-state index contributed by atoms with van der Waals surface area (Å²) in [6, 6.07) is 4.28. The Morgan fingerprint density at radius 1 is 1.03 bits per heavy atom. The van der Waals surface area contributed by atoms with Gasteiger partial charge >= 0.3 is 0 Å². The number of aliphatic hydroxyl groups is 1. The molecule has 0 radical (unpaired) electrons. The van der Waals surface area contributed by atoms with E-state index in [-0.39, 0.29) is 6.61 Å². The topological polar surface area (TPSA) is 90.3 Å². The summed E-state index contributed by atoms with van der Waals surface area (Å²) in [5, 5.41) is 20.4. The summed E-state index contributed by atoms with van der Waals surface area (Å²) in [7, 11) is 5.76. The summed E-state index contributed by atoms with van der Waals surface area (Å²) in [6.07, 6.45) is 2.99. The highest BCUT2D eigenvalue weighted by molar-refractivity contribution is 9.10. The second kappa shape index (κ2) is 9.77. The number of aromatic nitrogens is 3. The number of halogens is 1. The molecule has 1 aromatic carbocycles. The number of hydrogen-bond acceptors (Lipinski definition) is 7. The monoisotopic (exact) mass is 515 g/mol. The first-order valence-corrected chi connectivity index (χ1v) is 12.3. The molecule has 0 unspecified atom stereocenters. The van der Waals surface area contributed by atoms with Gasteiger partial charge in [-0.25, -0.2) is 0 Å². The number of piperidine rings is 1. The molecule has 4 rings (SSSR count). The lowest BCUT2D eigenvalue weighted by Gasteiger charge is -2.33. The molecular weight excluding hydrogens is 482 g/mol. The van der Waals surface area contributed by atoms with Crippen LogP contribution in [0.25, 0.3) is 16.7 Å². The predicted octanol–water partition coefficient (Wildman–Crippen LogP) is 4.52. The van der Waals surface area contributed by atoms with E-state index < -0.39 is 0 Å². The zero-order valence-electron chi connectivity index (χ0n) is 20.1. The molecule has 2 aromatic heterocycles. The molecule has 4 N–H and O–H groups in total. The molecular formula is C24H34BrN7O. The molecule has 1 saturated heterocycles. The van der Waals surface area contributed by atoms with Crippen molar-refractivity contribution < 1.29 is 5.11 Å². The van der Waals surface area contributed by atoms with E-state index in [1.54, 1.807) is 0 Å². The Morgan fingerprint density at radius 3 is 2.24 bits per heavy atom. The van der Waals surface area contributed by atoms with Crippen molar-refractivity contribution in [2.24, 2.45) is 5.92 Å². The van der Waals surface area contributed by atoms with Crippen LogP contribution in [0.4, 0.5) is 23.3 Å². The van der Waals surface area contributed by atoms with Crippen LogP contribution in [0.1, 0.15) is 30.4 Å². The first-order valence-electron chi connectivity index (χ1n) is 11.6. The average Bonchev–Trinajstić information content (AvgIpc) is 3.11. The van der Waals surface area contributed by atoms with Gasteiger partial charge in [-0.05, 0) is 62.3 Å². The lowest BCUT2D eigenvalue weighted by molar-refractivity contribution is 0.240. The molecule has 9 heteroatoms. The third-order valence-electron chi connectivity index (χ3n) is 6.63. The number of hydrogen-bond donors (Lipinski definition) is 4. The van der Waals surface area contributed by atoms with Crippen molar-refractivity contribution in [3.8, 4) is 5.69 Å². The Hall–Kier alpha value is -2.52. The van der Waals surface area contributed by atoms with E-state index in [9.17, 15) is 5.11 Å². The summed E-state index contributed by atoms with van der Waals surface area (Å²) in [5.74, 6) is 3.08. The molecule has 3 aromatic rings. The third kappa shape index (κ3) is 4.24. The van der Waals surface area contributed by atoms with Gasteiger partial charge in [0.15, 0.2) is 5.65 Å². The van der Waals surface area contributed by atoms with Crippen LogP contribution in [0.15, 0.2) is 16.6 Å². The maximum absolute atomic E-state index is 9.35. The minimum absolute atomic E-state index is 0.260. The van der Waals surface area contributed by atoms with Crippen LogP contribution in [0.3, 0.4) is 0 Å². The van der Waals surface area contributed by atoms with Gasteiger partial charge in [-0.3, -0.25) is 4.57 Å². The molecule has 0 aliphatic carbocycles. The molecule has 3 heterocycles. The van der Waals surface area contributed by atoms with Crippen molar-refractivity contribution in [2.45, 2.75) is 33.1 Å². The van der Waals surface area contributed by atoms with Crippen molar-refractivity contribution in [3.63, 3.8) is 0 Å². The Labute approximate surface area is 203 Å². The normalized spacial score (nSPS) is 14.7. The predicted molar refractivity (Wildman–Crippen MR) is 141 cm³/mol. The van der Waals surface area contributed by atoms with E-state index in [4.69, 9.17) is 9.97 Å². The molecule has 178 valence electrons. The number of nitrogens with zero attached hydrogens (tertiary/aromatic N) is 4. The van der Waals surface area contributed by atoms with Crippen molar-refractivity contribution in [2.75, 3.05) is 61.7 Å². The maximum atomic E-state index is 9.35. The van der Waals surface area contributed by atoms with Crippen molar-refractivity contribution in [1.82, 2.24) is 14.5 Å². The fourth-order valence-electron chi connectivity index (χ4n) is 5.07. The smallest absolute Gasteiger partial charge is 0.226 e. The van der Waals surface area contributed by atoms with E-state index in [1.165, 1.54) is 0 Å². The zero-order chi connectivity index (χ0) is 23.7. The number of anilines is 4. The van der Waals surface area contributed by atoms with Crippen LogP contribution >= 0.6 is 15.9 Å². The van der Waals surface area contributed by atoms with Gasteiger partial charge in [-0.2, -0.15) is 9.97 Å². The fourth-order valence-corrected chi connectivity index (χ4v) is 5.76. The SMILES string of the molecule is CNc1nc(N2CCC(CCO)CC2)c2c(NC)c(NC)n(-c3c(C)cc(Br)cc3C)c2n1. The van der Waals surface area contributed by atoms with Gasteiger partial charge in [0.1, 0.15) is 11.6 Å². The van der Waals surface area contributed by atoms with E-state index in [1.807, 2.05) is 21.1 Å². The van der Waals surface area contributed by atoms with Gasteiger partial charge in [0.25, 0.3) is 0 Å². The number of nitrogens with one attached hydrogen (secondary N) is 3. The summed E-state index contributed by atoms with van der Waals surface area (Å²) >= 11 is 3.63. The Bertz CT molecular complexity index is 1130. The second-order valence-corrected chi connectivity index (χ2v) is 9.63. The standard InChI is InChI=1S/C24H34BrN7O/c1-14-12-17(25)13-15(2)20(14)32-22-18(19(26-3)23(32)27-4)21(29-24(28-5)30-22)31-9-6-16(7-10-31)8-11-33/h12-13,16,26-27,33H,6-11H2,1-5H3,(H,28,29,30). The molecule has 0 saturated carbocycles. The van der Waals surface area contributed by atoms with Gasteiger partial charge in [0.05, 0.1) is 16.8 Å². The maximum Gasteiger partial charge on any atom is 0.226 e. The third-order valence-corrected chi connectivity index (χ3v) is 7.09. The van der Waals surface area contributed by atoms with E-state index >= 15 is 0 Å². The van der Waals surface area contributed by atoms with Gasteiger partial charge in [0.2, 0.25) is 5.95 Å². The largest absolute Gasteiger partial charge is 0.396 e. The quantitative estimate of drug-likeness (QED) is 0.367. The van der Waals surface area contributed by atoms with Crippen molar-refractivity contribution >= 4 is 50.2 Å². The van der Waals surface area contributed by atoms with E-state index in [0.717, 1.165) is 82.0 Å². The fraction of sp³-hybridized carbons (Fsp3) is 0.500. The van der Waals surface area contributed by atoms with Crippen LogP contribution in [-0.4, -0.2) is 60.5 Å². The first-order chi connectivity index (χ1) is 15.9. The van der Waals surface area contributed by atoms with E-state index in [0.29, 0.717) is 11.9 Å². The minimum Gasteiger partial charge on any atom is -0.396 e. The molecule has 1 aliphatic heterocycles. The lowest BCUT2D eigenvalue weighted by atomic mass is 9.94. The van der Waals surface area contributed by atoms with Crippen molar-refractivity contribution in [1.29, 1.82) is 0 Å². The molecule has 0 atom stereocenters. The molecule has 0 spiro atoms. The zero-order valence-corrected chi connectivity index (χ0v) is 21.7. The number of fused-ring (bicyclic) bond motifs is 1. The van der Waals surface area contributed by atoms with Gasteiger partial charge in [0, 0.05) is 45.3 Å². The van der Waals surface area contributed by atoms with Crippen LogP contribution < -0.4 is 20.9 Å². The lowest BCUT2D eigenvalue weighted by Crippen LogP contribution is -2.34. The highest BCUT2D eigenvalue weighted by atomic mass is 79.9. The molecule has 0 amide bonds. The van der Waals surface area contributed by atoms with E-state index in [2.05, 4.69) is 67.3 Å². The number of aryl methyl sites for hydroxylation is 2. The Morgan fingerprint density at radius 2 is 1.70 bits per heavy atom. The second-order valence-electron chi connectivity index (χ2n) is 8.71. The van der Waals surface area contributed by atoms with Gasteiger partial charge < -0.3 is 26.0 Å². The highest BCUT2D eigenvalue weighted by Crippen LogP contribution is 2.43. The summed E-state index contributed by atoms with van der Waals surface area (Å²) in [6.45, 7) is 6.35. The first kappa shape index (κ1) is 23.6. The number of benzene rings is 1. The van der Waals surface area contributed by atoms with Crippen molar-refractivity contribution in [3.05, 3.63) is 27.7 Å². The summed E-state index contributed by atoms with van der Waals surface area (Å²) in [5.41, 5.74) is 5.29. The average molecular weight is 516 g/mol. The van der Waals surface area contributed by atoms with Gasteiger partial charge in [-0.1, -0.05) is 15.9 Å².